The standard InChI is InChI=1S/C21H20N2O2S/c1-12(10-22)13-6-8-14(9-7-13)15-4-3-5-16-18(15)19-17(25-2)11-26-20(19)21(24)23-16/h3-9,11-12H,10,22H2,1-2H3,(H,23,24). The molecule has 132 valence electrons. The van der Waals surface area contributed by atoms with Crippen molar-refractivity contribution in [3.8, 4) is 16.9 Å². The number of nitrogens with one attached hydrogen (secondary N) is 1. The quantitative estimate of drug-likeness (QED) is 0.561. The highest BCUT2D eigenvalue weighted by Crippen LogP contribution is 2.39. The summed E-state index contributed by atoms with van der Waals surface area (Å²) in [5, 5.41) is 3.79. The Bertz CT molecular complexity index is 1140. The van der Waals surface area contributed by atoms with Crippen molar-refractivity contribution in [2.45, 2.75) is 12.8 Å². The molecule has 4 rings (SSSR count). The highest BCUT2D eigenvalue weighted by molar-refractivity contribution is 7.17. The van der Waals surface area contributed by atoms with Crippen LogP contribution in [-0.2, 0) is 0 Å². The number of H-pyrrole nitrogens is 1. The van der Waals surface area contributed by atoms with E-state index in [1.807, 2.05) is 17.5 Å². The van der Waals surface area contributed by atoms with Crippen LogP contribution in [0.4, 0.5) is 0 Å². The first-order valence-electron chi connectivity index (χ1n) is 8.54. The van der Waals surface area contributed by atoms with Gasteiger partial charge in [0, 0.05) is 16.3 Å². The molecule has 0 saturated heterocycles. The van der Waals surface area contributed by atoms with Crippen molar-refractivity contribution < 1.29 is 4.74 Å². The van der Waals surface area contributed by atoms with Crippen LogP contribution in [0.2, 0.25) is 0 Å². The first kappa shape index (κ1) is 16.8. The van der Waals surface area contributed by atoms with Crippen molar-refractivity contribution in [2.24, 2.45) is 5.73 Å². The third kappa shape index (κ3) is 2.60. The van der Waals surface area contributed by atoms with Crippen molar-refractivity contribution in [3.63, 3.8) is 0 Å². The van der Waals surface area contributed by atoms with Gasteiger partial charge in [-0.3, -0.25) is 4.79 Å². The molecular formula is C21H20N2O2S. The van der Waals surface area contributed by atoms with Crippen LogP contribution in [0.5, 0.6) is 5.75 Å². The van der Waals surface area contributed by atoms with Crippen LogP contribution < -0.4 is 16.0 Å². The largest absolute Gasteiger partial charge is 0.495 e. The molecule has 1 atom stereocenters. The Labute approximate surface area is 155 Å². The number of aromatic nitrogens is 1. The average Bonchev–Trinajstić information content (AvgIpc) is 3.12. The Hall–Kier alpha value is -2.63. The van der Waals surface area contributed by atoms with Gasteiger partial charge >= 0.3 is 0 Å². The molecule has 0 bridgehead atoms. The highest BCUT2D eigenvalue weighted by atomic mass is 32.1. The second-order valence-electron chi connectivity index (χ2n) is 6.45. The molecule has 3 N–H and O–H groups in total. The summed E-state index contributed by atoms with van der Waals surface area (Å²) in [6, 6.07) is 14.5. The fourth-order valence-electron chi connectivity index (χ4n) is 3.37. The van der Waals surface area contributed by atoms with E-state index < -0.39 is 0 Å². The SMILES string of the molecule is COc1csc2c(=O)[nH]c3cccc(-c4ccc(C(C)CN)cc4)c3c12. The lowest BCUT2D eigenvalue weighted by Gasteiger charge is -2.12. The van der Waals surface area contributed by atoms with Gasteiger partial charge in [-0.15, -0.1) is 11.3 Å². The molecular weight excluding hydrogens is 344 g/mol. The zero-order valence-electron chi connectivity index (χ0n) is 14.7. The third-order valence-corrected chi connectivity index (χ3v) is 5.85. The van der Waals surface area contributed by atoms with E-state index in [0.29, 0.717) is 17.2 Å². The molecule has 4 nitrogen and oxygen atoms in total. The van der Waals surface area contributed by atoms with E-state index >= 15 is 0 Å². The lowest BCUT2D eigenvalue weighted by molar-refractivity contribution is 0.421. The molecule has 0 fully saturated rings. The molecule has 0 spiro atoms. The number of fused-ring (bicyclic) bond motifs is 3. The maximum Gasteiger partial charge on any atom is 0.266 e. The van der Waals surface area contributed by atoms with Crippen molar-refractivity contribution >= 4 is 32.3 Å². The molecule has 0 radical (unpaired) electrons. The summed E-state index contributed by atoms with van der Waals surface area (Å²) in [5.41, 5.74) is 9.92. The zero-order valence-corrected chi connectivity index (χ0v) is 15.5. The molecule has 0 aliphatic carbocycles. The molecule has 5 heteroatoms. The summed E-state index contributed by atoms with van der Waals surface area (Å²) < 4.78 is 6.22. The van der Waals surface area contributed by atoms with Crippen LogP contribution in [0.25, 0.3) is 32.1 Å². The van der Waals surface area contributed by atoms with Crippen LogP contribution >= 0.6 is 11.3 Å². The van der Waals surface area contributed by atoms with Crippen molar-refractivity contribution in [2.75, 3.05) is 13.7 Å². The van der Waals surface area contributed by atoms with Gasteiger partial charge in [-0.1, -0.05) is 43.3 Å². The number of pyridine rings is 1. The minimum Gasteiger partial charge on any atom is -0.495 e. The van der Waals surface area contributed by atoms with Gasteiger partial charge in [-0.25, -0.2) is 0 Å². The molecule has 0 saturated carbocycles. The van der Waals surface area contributed by atoms with Crippen LogP contribution in [0.15, 0.2) is 52.6 Å². The summed E-state index contributed by atoms with van der Waals surface area (Å²) in [5.74, 6) is 1.07. The van der Waals surface area contributed by atoms with Gasteiger partial charge in [0.15, 0.2) is 0 Å². The van der Waals surface area contributed by atoms with E-state index in [9.17, 15) is 4.79 Å². The lowest BCUT2D eigenvalue weighted by Crippen LogP contribution is -2.08. The number of nitrogens with two attached hydrogens (primary N) is 1. The average molecular weight is 364 g/mol. The molecule has 2 heterocycles. The third-order valence-electron chi connectivity index (χ3n) is 4.89. The summed E-state index contributed by atoms with van der Waals surface area (Å²) in [4.78, 5) is 15.4. The Morgan fingerprint density at radius 1 is 1.15 bits per heavy atom. The van der Waals surface area contributed by atoms with Crippen LogP contribution in [0, 0.1) is 0 Å². The lowest BCUT2D eigenvalue weighted by atomic mass is 9.95. The van der Waals surface area contributed by atoms with Crippen molar-refractivity contribution in [1.29, 1.82) is 0 Å². The maximum absolute atomic E-state index is 12.4. The number of methoxy groups -OCH3 is 1. The van der Waals surface area contributed by atoms with Crippen LogP contribution in [-0.4, -0.2) is 18.6 Å². The number of aromatic amines is 1. The zero-order chi connectivity index (χ0) is 18.3. The fourth-order valence-corrected chi connectivity index (χ4v) is 4.29. The molecule has 1 unspecified atom stereocenters. The second kappa shape index (κ2) is 6.59. The molecule has 2 aromatic carbocycles. The second-order valence-corrected chi connectivity index (χ2v) is 7.33. The van der Waals surface area contributed by atoms with Gasteiger partial charge in [-0.05, 0) is 35.2 Å². The predicted octanol–water partition coefficient (Wildman–Crippen LogP) is 4.48. The summed E-state index contributed by atoms with van der Waals surface area (Å²) in [7, 11) is 1.64. The van der Waals surface area contributed by atoms with Crippen LogP contribution in [0.1, 0.15) is 18.4 Å². The van der Waals surface area contributed by atoms with Crippen molar-refractivity contribution in [1.82, 2.24) is 4.98 Å². The van der Waals surface area contributed by atoms with E-state index in [0.717, 1.165) is 33.2 Å². The maximum atomic E-state index is 12.4. The van der Waals surface area contributed by atoms with Gasteiger partial charge in [0.05, 0.1) is 12.5 Å². The molecule has 2 aromatic heterocycles. The molecule has 0 aliphatic heterocycles. The number of hydrogen-bond donors (Lipinski definition) is 2. The normalized spacial score (nSPS) is 12.6. The highest BCUT2D eigenvalue weighted by Gasteiger charge is 2.16. The van der Waals surface area contributed by atoms with Crippen molar-refractivity contribution in [3.05, 3.63) is 63.8 Å². The smallest absolute Gasteiger partial charge is 0.266 e. The summed E-state index contributed by atoms with van der Waals surface area (Å²) in [6.45, 7) is 2.75. The molecule has 0 aliphatic rings. The predicted molar refractivity (Wildman–Crippen MR) is 109 cm³/mol. The topological polar surface area (TPSA) is 68.1 Å². The van der Waals surface area contributed by atoms with E-state index in [2.05, 4.69) is 42.2 Å². The Morgan fingerprint density at radius 3 is 2.62 bits per heavy atom. The summed E-state index contributed by atoms with van der Waals surface area (Å²) in [6.07, 6.45) is 0. The molecule has 26 heavy (non-hydrogen) atoms. The molecule has 4 aromatic rings. The van der Waals surface area contributed by atoms with E-state index in [1.54, 1.807) is 7.11 Å². The number of thiophene rings is 1. The van der Waals surface area contributed by atoms with Gasteiger partial charge in [0.1, 0.15) is 10.4 Å². The first-order valence-corrected chi connectivity index (χ1v) is 9.42. The Morgan fingerprint density at radius 2 is 1.92 bits per heavy atom. The van der Waals surface area contributed by atoms with Crippen LogP contribution in [0.3, 0.4) is 0 Å². The number of benzene rings is 2. The minimum absolute atomic E-state index is 0.0786. The fraction of sp³-hybridized carbons (Fsp3) is 0.190. The van der Waals surface area contributed by atoms with Gasteiger partial charge in [0.25, 0.3) is 5.56 Å². The number of hydrogen-bond acceptors (Lipinski definition) is 4. The van der Waals surface area contributed by atoms with Gasteiger partial charge in [0.2, 0.25) is 0 Å². The number of ether oxygens (including phenoxy) is 1. The minimum atomic E-state index is -0.0786. The Balaban J connectivity index is 2.01. The molecule has 0 amide bonds. The van der Waals surface area contributed by atoms with E-state index in [4.69, 9.17) is 10.5 Å². The Kier molecular flexibility index (Phi) is 4.26. The number of rotatable bonds is 4. The van der Waals surface area contributed by atoms with Gasteiger partial charge in [-0.2, -0.15) is 0 Å². The van der Waals surface area contributed by atoms with E-state index in [1.165, 1.54) is 16.9 Å². The summed E-state index contributed by atoms with van der Waals surface area (Å²) >= 11 is 1.41. The van der Waals surface area contributed by atoms with Gasteiger partial charge < -0.3 is 15.5 Å². The monoisotopic (exact) mass is 364 g/mol. The first-order chi connectivity index (χ1) is 12.6. The van der Waals surface area contributed by atoms with E-state index in [-0.39, 0.29) is 5.56 Å².